The van der Waals surface area contributed by atoms with E-state index in [1.54, 1.807) is 18.2 Å². The molecule has 1 fully saturated rings. The van der Waals surface area contributed by atoms with Crippen LogP contribution in [0.4, 0.5) is 0 Å². The molecule has 1 aromatic rings. The highest BCUT2D eigenvalue weighted by atomic mass is 32.2. The van der Waals surface area contributed by atoms with Crippen LogP contribution in [0.3, 0.4) is 0 Å². The third-order valence-corrected chi connectivity index (χ3v) is 6.16. The minimum absolute atomic E-state index is 0.0734. The van der Waals surface area contributed by atoms with Crippen LogP contribution in [-0.4, -0.2) is 62.8 Å². The summed E-state index contributed by atoms with van der Waals surface area (Å²) in [5, 5.41) is 0. The Hall–Kier alpha value is -2.46. The quantitative estimate of drug-likeness (QED) is 0.684. The van der Waals surface area contributed by atoms with E-state index in [0.717, 1.165) is 12.8 Å². The van der Waals surface area contributed by atoms with Crippen LogP contribution in [0.15, 0.2) is 34.2 Å². The molecule has 0 aromatic heterocycles. The maximum Gasteiger partial charge on any atom is 0.263 e. The molecule has 2 aliphatic rings. The normalized spacial score (nSPS) is 23.1. The fraction of sp³-hybridized carbons (Fsp3) is 0.500. The van der Waals surface area contributed by atoms with Crippen LogP contribution in [0, 0.1) is 0 Å². The number of fused-ring (bicyclic) bond motifs is 1. The Morgan fingerprint density at radius 1 is 1.39 bits per heavy atom. The zero-order valence-corrected chi connectivity index (χ0v) is 16.4. The van der Waals surface area contributed by atoms with Crippen molar-refractivity contribution in [1.82, 2.24) is 9.62 Å². The predicted octanol–water partition coefficient (Wildman–Crippen LogP) is -0.00340. The van der Waals surface area contributed by atoms with Gasteiger partial charge in [0.25, 0.3) is 10.0 Å². The maximum atomic E-state index is 13.1. The summed E-state index contributed by atoms with van der Waals surface area (Å²) in [6, 6.07) is 5.76. The SMILES string of the molecule is CCCCC(N=C1NS(=O)(=O)c2ccccc21)C(=O)N1CCOC(C(N)=O)C1. The Balaban J connectivity index is 1.88. The summed E-state index contributed by atoms with van der Waals surface area (Å²) in [7, 11) is -3.68. The lowest BCUT2D eigenvalue weighted by atomic mass is 10.1. The number of benzene rings is 1. The zero-order valence-electron chi connectivity index (χ0n) is 15.6. The zero-order chi connectivity index (χ0) is 20.3. The van der Waals surface area contributed by atoms with E-state index < -0.39 is 28.1 Å². The highest BCUT2D eigenvalue weighted by molar-refractivity contribution is 7.90. The number of hydrogen-bond donors (Lipinski definition) is 2. The summed E-state index contributed by atoms with van der Waals surface area (Å²) in [5.41, 5.74) is 5.75. The van der Waals surface area contributed by atoms with Crippen molar-refractivity contribution in [2.75, 3.05) is 19.7 Å². The number of unbranched alkanes of at least 4 members (excludes halogenated alkanes) is 1. The Bertz CT molecular complexity index is 899. The summed E-state index contributed by atoms with van der Waals surface area (Å²) in [4.78, 5) is 30.6. The summed E-state index contributed by atoms with van der Waals surface area (Å²) in [5.74, 6) is -0.713. The van der Waals surface area contributed by atoms with E-state index in [9.17, 15) is 18.0 Å². The number of amides is 2. The molecule has 9 nitrogen and oxygen atoms in total. The summed E-state index contributed by atoms with van der Waals surface area (Å²) < 4.78 is 32.3. The monoisotopic (exact) mass is 408 g/mol. The first kappa shape index (κ1) is 20.3. The van der Waals surface area contributed by atoms with Crippen molar-refractivity contribution in [3.05, 3.63) is 29.8 Å². The predicted molar refractivity (Wildman–Crippen MR) is 102 cm³/mol. The lowest BCUT2D eigenvalue weighted by Gasteiger charge is -2.33. The third kappa shape index (κ3) is 4.17. The van der Waals surface area contributed by atoms with Gasteiger partial charge in [-0.05, 0) is 18.6 Å². The van der Waals surface area contributed by atoms with E-state index in [1.165, 1.54) is 11.0 Å². The number of nitrogens with one attached hydrogen (secondary N) is 1. The van der Waals surface area contributed by atoms with E-state index in [0.29, 0.717) is 18.5 Å². The van der Waals surface area contributed by atoms with Crippen LogP contribution in [0.5, 0.6) is 0 Å². The van der Waals surface area contributed by atoms with E-state index in [2.05, 4.69) is 9.71 Å². The van der Waals surface area contributed by atoms with Crippen molar-refractivity contribution in [2.45, 2.75) is 43.2 Å². The highest BCUT2D eigenvalue weighted by Gasteiger charge is 2.34. The molecule has 3 rings (SSSR count). The van der Waals surface area contributed by atoms with E-state index in [1.807, 2.05) is 6.92 Å². The second-order valence-electron chi connectivity index (χ2n) is 6.78. The van der Waals surface area contributed by atoms with Gasteiger partial charge in [-0.25, -0.2) is 8.42 Å². The first-order valence-corrected chi connectivity index (χ1v) is 10.7. The number of ether oxygens (including phenoxy) is 1. The molecule has 0 radical (unpaired) electrons. The van der Waals surface area contributed by atoms with Gasteiger partial charge in [-0.3, -0.25) is 19.3 Å². The van der Waals surface area contributed by atoms with Crippen molar-refractivity contribution < 1.29 is 22.7 Å². The van der Waals surface area contributed by atoms with Gasteiger partial charge >= 0.3 is 0 Å². The van der Waals surface area contributed by atoms with Crippen LogP contribution in [-0.2, 0) is 24.3 Å². The van der Waals surface area contributed by atoms with Crippen molar-refractivity contribution in [1.29, 1.82) is 0 Å². The van der Waals surface area contributed by atoms with Crippen molar-refractivity contribution in [3.8, 4) is 0 Å². The van der Waals surface area contributed by atoms with Crippen molar-refractivity contribution >= 4 is 27.7 Å². The summed E-state index contributed by atoms with van der Waals surface area (Å²) in [6.45, 7) is 2.62. The van der Waals surface area contributed by atoms with Gasteiger partial charge in [0, 0.05) is 12.1 Å². The molecule has 0 aliphatic carbocycles. The fourth-order valence-corrected chi connectivity index (χ4v) is 4.50. The minimum Gasteiger partial charge on any atom is -0.367 e. The average Bonchev–Trinajstić information content (AvgIpc) is 2.95. The smallest absolute Gasteiger partial charge is 0.263 e. The molecule has 2 aliphatic heterocycles. The van der Waals surface area contributed by atoms with Crippen LogP contribution >= 0.6 is 0 Å². The summed E-state index contributed by atoms with van der Waals surface area (Å²) in [6.07, 6.45) is 1.25. The van der Waals surface area contributed by atoms with Gasteiger partial charge in [0.1, 0.15) is 11.9 Å². The van der Waals surface area contributed by atoms with Crippen LogP contribution in [0.25, 0.3) is 0 Å². The Kier molecular flexibility index (Phi) is 5.99. The molecule has 10 heteroatoms. The standard InChI is InChI=1S/C18H24N4O5S/c1-2-3-7-13(18(24)22-9-10-27-14(11-22)16(19)23)20-17-12-6-4-5-8-15(12)28(25,26)21-17/h4-6,8,13-14H,2-3,7,9-11H2,1H3,(H2,19,23)(H,20,21). The number of morpholine rings is 1. The average molecular weight is 408 g/mol. The molecule has 152 valence electrons. The first-order chi connectivity index (χ1) is 13.3. The van der Waals surface area contributed by atoms with Crippen molar-refractivity contribution in [2.24, 2.45) is 10.7 Å². The Labute approximate surface area is 164 Å². The lowest BCUT2D eigenvalue weighted by Crippen LogP contribution is -2.52. The number of sulfonamides is 1. The topological polar surface area (TPSA) is 131 Å². The number of carbonyl (C=O) groups excluding carboxylic acids is 2. The highest BCUT2D eigenvalue weighted by Crippen LogP contribution is 2.23. The van der Waals surface area contributed by atoms with Gasteiger partial charge in [-0.15, -0.1) is 0 Å². The summed E-state index contributed by atoms with van der Waals surface area (Å²) >= 11 is 0. The third-order valence-electron chi connectivity index (χ3n) is 4.76. The largest absolute Gasteiger partial charge is 0.367 e. The van der Waals surface area contributed by atoms with Crippen LogP contribution in [0.1, 0.15) is 31.7 Å². The van der Waals surface area contributed by atoms with Crippen LogP contribution in [0.2, 0.25) is 0 Å². The molecule has 2 amide bonds. The number of rotatable bonds is 6. The molecule has 3 N–H and O–H groups in total. The van der Waals surface area contributed by atoms with Gasteiger partial charge in [0.2, 0.25) is 11.8 Å². The molecule has 1 aromatic carbocycles. The molecular weight excluding hydrogens is 384 g/mol. The van der Waals surface area contributed by atoms with Crippen molar-refractivity contribution in [3.63, 3.8) is 0 Å². The number of hydrogen-bond acceptors (Lipinski definition) is 6. The molecule has 2 unspecified atom stereocenters. The van der Waals surface area contributed by atoms with Gasteiger partial charge in [0.15, 0.2) is 6.10 Å². The number of nitrogens with zero attached hydrogens (tertiary/aromatic N) is 2. The Morgan fingerprint density at radius 3 is 2.86 bits per heavy atom. The molecule has 0 saturated carbocycles. The number of primary amides is 1. The fourth-order valence-electron chi connectivity index (χ4n) is 3.26. The number of carbonyl (C=O) groups is 2. The molecule has 0 spiro atoms. The van der Waals surface area contributed by atoms with Crippen LogP contribution < -0.4 is 10.5 Å². The van der Waals surface area contributed by atoms with E-state index in [-0.39, 0.29) is 29.8 Å². The number of amidine groups is 1. The van der Waals surface area contributed by atoms with E-state index in [4.69, 9.17) is 10.5 Å². The maximum absolute atomic E-state index is 13.1. The minimum atomic E-state index is -3.68. The Morgan fingerprint density at radius 2 is 2.14 bits per heavy atom. The molecule has 2 heterocycles. The van der Waals surface area contributed by atoms with Gasteiger partial charge in [-0.1, -0.05) is 31.9 Å². The first-order valence-electron chi connectivity index (χ1n) is 9.23. The van der Waals surface area contributed by atoms with E-state index >= 15 is 0 Å². The number of nitrogens with two attached hydrogens (primary N) is 1. The molecule has 0 bridgehead atoms. The second-order valence-corrected chi connectivity index (χ2v) is 8.43. The molecule has 28 heavy (non-hydrogen) atoms. The second kappa shape index (κ2) is 8.27. The molecular formula is C18H24N4O5S. The molecule has 1 saturated heterocycles. The lowest BCUT2D eigenvalue weighted by molar-refractivity contribution is -0.146. The number of aliphatic imine (C=N–C) groups is 1. The molecule has 2 atom stereocenters. The van der Waals surface area contributed by atoms with Gasteiger partial charge in [0.05, 0.1) is 18.0 Å². The van der Waals surface area contributed by atoms with Gasteiger partial charge in [-0.2, -0.15) is 0 Å². The van der Waals surface area contributed by atoms with Gasteiger partial charge < -0.3 is 15.4 Å².